The van der Waals surface area contributed by atoms with Crippen molar-refractivity contribution in [2.45, 2.75) is 20.4 Å². The van der Waals surface area contributed by atoms with E-state index >= 15 is 0 Å². The molecule has 0 fully saturated rings. The molecular weight excluding hydrogens is 346 g/mol. The molecule has 130 valence electrons. The second-order valence-corrected chi connectivity index (χ2v) is 6.64. The van der Waals surface area contributed by atoms with Crippen molar-refractivity contribution in [1.82, 2.24) is 19.6 Å². The maximum atomic E-state index is 6.03. The van der Waals surface area contributed by atoms with E-state index in [0.29, 0.717) is 11.6 Å². The van der Waals surface area contributed by atoms with Gasteiger partial charge in [-0.3, -0.25) is 4.98 Å². The number of anilines is 1. The minimum atomic E-state index is 0.668. The summed E-state index contributed by atoms with van der Waals surface area (Å²) in [5, 5.41) is 8.87. The Hall–Kier alpha value is -2.92. The third-order valence-electron chi connectivity index (χ3n) is 4.22. The second kappa shape index (κ2) is 6.77. The zero-order chi connectivity index (χ0) is 18.1. The summed E-state index contributed by atoms with van der Waals surface area (Å²) in [6, 6.07) is 13.7. The van der Waals surface area contributed by atoms with E-state index in [-0.39, 0.29) is 0 Å². The van der Waals surface area contributed by atoms with Crippen molar-refractivity contribution in [2.24, 2.45) is 0 Å². The number of nitrogens with one attached hydrogen (secondary N) is 1. The molecule has 1 N–H and O–H groups in total. The topological polar surface area (TPSA) is 55.1 Å². The van der Waals surface area contributed by atoms with Gasteiger partial charge in [-0.15, -0.1) is 0 Å². The molecule has 4 aromatic rings. The first-order valence-electron chi connectivity index (χ1n) is 8.37. The number of rotatable bonds is 4. The number of hydrogen-bond acceptors (Lipinski definition) is 4. The standard InChI is InChI=1S/C20H18ClN5/c1-13-10-18(23-12-15-4-3-9-22-11-15)26-20(24-13)19(14(2)25-26)16-5-7-17(21)8-6-16/h3-11,23H,12H2,1-2H3. The van der Waals surface area contributed by atoms with Gasteiger partial charge in [0.2, 0.25) is 0 Å². The van der Waals surface area contributed by atoms with Gasteiger partial charge in [-0.2, -0.15) is 9.61 Å². The molecule has 3 heterocycles. The van der Waals surface area contributed by atoms with Crippen LogP contribution in [0.5, 0.6) is 0 Å². The highest BCUT2D eigenvalue weighted by Gasteiger charge is 2.16. The normalized spacial score (nSPS) is 11.0. The van der Waals surface area contributed by atoms with Crippen LogP contribution in [-0.2, 0) is 6.54 Å². The maximum absolute atomic E-state index is 6.03. The van der Waals surface area contributed by atoms with Crippen molar-refractivity contribution in [2.75, 3.05) is 5.32 Å². The van der Waals surface area contributed by atoms with Crippen molar-refractivity contribution in [3.8, 4) is 11.1 Å². The summed E-state index contributed by atoms with van der Waals surface area (Å²) in [5.41, 5.74) is 5.87. The predicted octanol–water partition coefficient (Wildman–Crippen LogP) is 4.67. The average Bonchev–Trinajstić information content (AvgIpc) is 2.97. The van der Waals surface area contributed by atoms with Crippen LogP contribution in [0, 0.1) is 13.8 Å². The number of nitrogens with zero attached hydrogens (tertiary/aromatic N) is 4. The van der Waals surface area contributed by atoms with Crippen molar-refractivity contribution in [3.05, 3.63) is 76.8 Å². The van der Waals surface area contributed by atoms with Gasteiger partial charge in [-0.25, -0.2) is 4.98 Å². The Morgan fingerprint density at radius 2 is 1.92 bits per heavy atom. The summed E-state index contributed by atoms with van der Waals surface area (Å²) in [6.07, 6.45) is 3.62. The lowest BCUT2D eigenvalue weighted by molar-refractivity contribution is 0.899. The molecular formula is C20H18ClN5. The first-order chi connectivity index (χ1) is 12.6. The summed E-state index contributed by atoms with van der Waals surface area (Å²) in [5.74, 6) is 0.902. The van der Waals surface area contributed by atoms with E-state index in [9.17, 15) is 0 Å². The number of aryl methyl sites for hydroxylation is 2. The molecule has 1 aromatic carbocycles. The Bertz CT molecular complexity index is 1060. The van der Waals surface area contributed by atoms with E-state index in [2.05, 4.69) is 10.3 Å². The van der Waals surface area contributed by atoms with Crippen molar-refractivity contribution in [1.29, 1.82) is 0 Å². The van der Waals surface area contributed by atoms with E-state index in [0.717, 1.165) is 39.5 Å². The molecule has 0 unspecified atom stereocenters. The molecule has 0 spiro atoms. The van der Waals surface area contributed by atoms with E-state index in [1.54, 1.807) is 6.20 Å². The first-order valence-corrected chi connectivity index (χ1v) is 8.75. The van der Waals surface area contributed by atoms with Crippen LogP contribution in [0.25, 0.3) is 16.8 Å². The molecule has 0 aliphatic rings. The fraction of sp³-hybridized carbons (Fsp3) is 0.150. The minimum absolute atomic E-state index is 0.668. The average molecular weight is 364 g/mol. The van der Waals surface area contributed by atoms with Gasteiger partial charge in [0.1, 0.15) is 5.82 Å². The van der Waals surface area contributed by atoms with Gasteiger partial charge in [0, 0.05) is 41.3 Å². The van der Waals surface area contributed by atoms with Crippen molar-refractivity contribution in [3.63, 3.8) is 0 Å². The molecule has 0 aliphatic heterocycles. The summed E-state index contributed by atoms with van der Waals surface area (Å²) >= 11 is 6.03. The van der Waals surface area contributed by atoms with E-state index in [1.165, 1.54) is 0 Å². The Labute approximate surface area is 156 Å². The van der Waals surface area contributed by atoms with Crippen LogP contribution in [0.3, 0.4) is 0 Å². The zero-order valence-corrected chi connectivity index (χ0v) is 15.3. The van der Waals surface area contributed by atoms with Crippen LogP contribution in [0.2, 0.25) is 5.02 Å². The third-order valence-corrected chi connectivity index (χ3v) is 4.47. The molecule has 5 nitrogen and oxygen atoms in total. The molecule has 0 bridgehead atoms. The number of benzene rings is 1. The van der Waals surface area contributed by atoms with Gasteiger partial charge in [0.15, 0.2) is 5.65 Å². The van der Waals surface area contributed by atoms with Gasteiger partial charge in [0.25, 0.3) is 0 Å². The molecule has 0 aliphatic carbocycles. The van der Waals surface area contributed by atoms with Gasteiger partial charge < -0.3 is 5.32 Å². The molecule has 0 radical (unpaired) electrons. The predicted molar refractivity (Wildman–Crippen MR) is 104 cm³/mol. The van der Waals surface area contributed by atoms with Crippen LogP contribution < -0.4 is 5.32 Å². The molecule has 0 saturated heterocycles. The Morgan fingerprint density at radius 1 is 1.12 bits per heavy atom. The lowest BCUT2D eigenvalue weighted by atomic mass is 10.1. The molecule has 0 saturated carbocycles. The van der Waals surface area contributed by atoms with E-state index in [4.69, 9.17) is 21.7 Å². The molecule has 4 rings (SSSR count). The van der Waals surface area contributed by atoms with E-state index < -0.39 is 0 Å². The quantitative estimate of drug-likeness (QED) is 0.572. The second-order valence-electron chi connectivity index (χ2n) is 6.20. The van der Waals surface area contributed by atoms with Crippen LogP contribution in [0.4, 0.5) is 5.82 Å². The van der Waals surface area contributed by atoms with Crippen LogP contribution >= 0.6 is 11.6 Å². The number of aromatic nitrogens is 4. The highest BCUT2D eigenvalue weighted by atomic mass is 35.5. The smallest absolute Gasteiger partial charge is 0.165 e. The maximum Gasteiger partial charge on any atom is 0.165 e. The molecule has 6 heteroatoms. The van der Waals surface area contributed by atoms with Gasteiger partial charge in [-0.05, 0) is 43.2 Å². The zero-order valence-electron chi connectivity index (χ0n) is 14.6. The minimum Gasteiger partial charge on any atom is -0.366 e. The summed E-state index contributed by atoms with van der Waals surface area (Å²) in [7, 11) is 0. The molecule has 0 atom stereocenters. The third kappa shape index (κ3) is 3.13. The van der Waals surface area contributed by atoms with Gasteiger partial charge in [0.05, 0.1) is 5.69 Å². The number of hydrogen-bond donors (Lipinski definition) is 1. The highest BCUT2D eigenvalue weighted by Crippen LogP contribution is 2.30. The largest absolute Gasteiger partial charge is 0.366 e. The number of fused-ring (bicyclic) bond motifs is 1. The molecule has 26 heavy (non-hydrogen) atoms. The summed E-state index contributed by atoms with van der Waals surface area (Å²) in [6.45, 7) is 4.66. The first kappa shape index (κ1) is 16.5. The van der Waals surface area contributed by atoms with E-state index in [1.807, 2.05) is 67.0 Å². The Kier molecular flexibility index (Phi) is 4.31. The highest BCUT2D eigenvalue weighted by molar-refractivity contribution is 6.30. The Morgan fingerprint density at radius 3 is 2.65 bits per heavy atom. The molecule has 3 aromatic heterocycles. The lowest BCUT2D eigenvalue weighted by Crippen LogP contribution is -2.07. The van der Waals surface area contributed by atoms with Crippen molar-refractivity contribution < 1.29 is 0 Å². The van der Waals surface area contributed by atoms with Gasteiger partial charge in [-0.1, -0.05) is 29.8 Å². The molecule has 0 amide bonds. The van der Waals surface area contributed by atoms with Crippen LogP contribution in [0.15, 0.2) is 54.9 Å². The SMILES string of the molecule is Cc1cc(NCc2cccnc2)n2nc(C)c(-c3ccc(Cl)cc3)c2n1. The fourth-order valence-corrected chi connectivity index (χ4v) is 3.15. The van der Waals surface area contributed by atoms with Crippen molar-refractivity contribution >= 4 is 23.1 Å². The Balaban J connectivity index is 1.78. The van der Waals surface area contributed by atoms with Crippen LogP contribution in [-0.4, -0.2) is 19.6 Å². The van der Waals surface area contributed by atoms with Gasteiger partial charge >= 0.3 is 0 Å². The van der Waals surface area contributed by atoms with Crippen LogP contribution in [0.1, 0.15) is 17.0 Å². The summed E-state index contributed by atoms with van der Waals surface area (Å²) < 4.78 is 1.86. The lowest BCUT2D eigenvalue weighted by Gasteiger charge is -2.09. The monoisotopic (exact) mass is 363 g/mol. The number of pyridine rings is 1. The fourth-order valence-electron chi connectivity index (χ4n) is 3.02. The number of halogens is 1. The summed E-state index contributed by atoms with van der Waals surface area (Å²) in [4.78, 5) is 8.88.